The lowest BCUT2D eigenvalue weighted by Gasteiger charge is -2.31. The molecule has 0 spiro atoms. The molecule has 2 unspecified atom stereocenters. The topological polar surface area (TPSA) is 21.5 Å². The fourth-order valence-corrected chi connectivity index (χ4v) is 4.46. The molecule has 2 bridgehead atoms. The Morgan fingerprint density at radius 2 is 1.79 bits per heavy atom. The molecule has 2 nitrogen and oxygen atoms in total. The molecule has 0 radical (unpaired) electrons. The van der Waals surface area contributed by atoms with Gasteiger partial charge in [-0.3, -0.25) is 4.79 Å². The lowest BCUT2D eigenvalue weighted by molar-refractivity contribution is -0.852. The fourth-order valence-electron chi connectivity index (χ4n) is 4.46. The molecule has 2 atom stereocenters. The van der Waals surface area contributed by atoms with E-state index in [-0.39, 0.29) is 23.2 Å². The van der Waals surface area contributed by atoms with E-state index >= 15 is 0 Å². The summed E-state index contributed by atoms with van der Waals surface area (Å²) in [6.07, 6.45) is 8.62. The second-order valence-corrected chi connectivity index (χ2v) is 7.29. The molecule has 3 fully saturated rings. The third kappa shape index (κ3) is 1.99. The normalized spacial score (nSPS) is 39.6. The van der Waals surface area contributed by atoms with Crippen molar-refractivity contribution in [2.24, 2.45) is 16.7 Å². The number of carbonyl (C=O) groups excluding carboxylic acids is 1. The molecule has 0 aromatic heterocycles. The zero-order chi connectivity index (χ0) is 13.0. The molecule has 3 rings (SSSR count). The highest BCUT2D eigenvalue weighted by Gasteiger charge is 2.64. The zero-order valence-electron chi connectivity index (χ0n) is 12.4. The number of hydrogen-bond acceptors (Lipinski definition) is 1. The first-order chi connectivity index (χ1) is 8.47. The van der Waals surface area contributed by atoms with Crippen LogP contribution in [0.5, 0.6) is 0 Å². The van der Waals surface area contributed by atoms with E-state index in [1.54, 1.807) is 0 Å². The van der Waals surface area contributed by atoms with Gasteiger partial charge in [-0.05, 0) is 43.4 Å². The molecule has 1 saturated heterocycles. The third-order valence-corrected chi connectivity index (χ3v) is 6.22. The van der Waals surface area contributed by atoms with E-state index in [2.05, 4.69) is 27.0 Å². The number of quaternary nitrogens is 1. The van der Waals surface area contributed by atoms with Crippen molar-refractivity contribution in [3.8, 4) is 0 Å². The van der Waals surface area contributed by atoms with E-state index in [0.717, 1.165) is 6.42 Å². The highest BCUT2D eigenvalue weighted by Crippen LogP contribution is 2.65. The van der Waals surface area contributed by atoms with Gasteiger partial charge in [-0.25, -0.2) is 0 Å². The van der Waals surface area contributed by atoms with Crippen molar-refractivity contribution in [3.63, 3.8) is 0 Å². The first-order valence-corrected chi connectivity index (χ1v) is 7.58. The number of halogens is 1. The van der Waals surface area contributed by atoms with Crippen LogP contribution < -0.4 is 17.3 Å². The third-order valence-electron chi connectivity index (χ3n) is 6.22. The van der Waals surface area contributed by atoms with Crippen molar-refractivity contribution in [1.82, 2.24) is 0 Å². The molecule has 108 valence electrons. The second kappa shape index (κ2) is 4.89. The fraction of sp³-hybridized carbons (Fsp3) is 0.812. The van der Waals surface area contributed by atoms with Gasteiger partial charge in [0.15, 0.2) is 5.78 Å². The molecule has 19 heavy (non-hydrogen) atoms. The number of allylic oxidation sites excluding steroid dienone is 1. The van der Waals surface area contributed by atoms with Crippen LogP contribution in [0.1, 0.15) is 52.9 Å². The summed E-state index contributed by atoms with van der Waals surface area (Å²) in [5.74, 6) is 0.978. The van der Waals surface area contributed by atoms with Gasteiger partial charge in [-0.1, -0.05) is 20.8 Å². The molecule has 0 aromatic rings. The summed E-state index contributed by atoms with van der Waals surface area (Å²) in [7, 11) is 0. The standard InChI is InChI=1S/C16H25NO.ClH/c1-15(2)13-7-8-16(15,3)14(18)12(13)11-17-9-5-4-6-10-17;/h11,13H,4-10H2,1-3H3;1H/b12-11+;. The van der Waals surface area contributed by atoms with Crippen molar-refractivity contribution in [2.75, 3.05) is 13.1 Å². The first-order valence-electron chi connectivity index (χ1n) is 7.58. The maximum absolute atomic E-state index is 12.7. The second-order valence-electron chi connectivity index (χ2n) is 7.29. The van der Waals surface area contributed by atoms with E-state index in [1.165, 1.54) is 49.2 Å². The number of ketones is 1. The number of nitrogens with one attached hydrogen (secondary N) is 1. The summed E-state index contributed by atoms with van der Waals surface area (Å²) >= 11 is 0. The Bertz CT molecular complexity index is 409. The SMILES string of the molecule is CC12CCC(/C(=C\[NH+]3CCCCC3)C1=O)C2(C)C.[Cl-]. The summed E-state index contributed by atoms with van der Waals surface area (Å²) in [4.78, 5) is 14.2. The maximum Gasteiger partial charge on any atom is 0.170 e. The molecule has 3 aliphatic rings. The molecular formula is C16H26ClNO. The van der Waals surface area contributed by atoms with Crippen LogP contribution in [-0.4, -0.2) is 18.9 Å². The molecule has 2 saturated carbocycles. The van der Waals surface area contributed by atoms with Gasteiger partial charge in [-0.15, -0.1) is 0 Å². The molecule has 1 heterocycles. The maximum atomic E-state index is 12.7. The van der Waals surface area contributed by atoms with Gasteiger partial charge in [-0.2, -0.15) is 0 Å². The largest absolute Gasteiger partial charge is 1.00 e. The van der Waals surface area contributed by atoms with E-state index < -0.39 is 0 Å². The van der Waals surface area contributed by atoms with Crippen LogP contribution in [0.2, 0.25) is 0 Å². The van der Waals surface area contributed by atoms with Crippen molar-refractivity contribution in [3.05, 3.63) is 11.8 Å². The van der Waals surface area contributed by atoms with Gasteiger partial charge in [0.05, 0.1) is 18.7 Å². The molecular weight excluding hydrogens is 258 g/mol. The number of Topliss-reactive ketones (excluding diaryl/α,β-unsaturated/α-hetero) is 1. The minimum Gasteiger partial charge on any atom is -1.00 e. The Labute approximate surface area is 123 Å². The highest BCUT2D eigenvalue weighted by atomic mass is 35.5. The number of fused-ring (bicyclic) bond motifs is 2. The zero-order valence-corrected chi connectivity index (χ0v) is 13.1. The monoisotopic (exact) mass is 283 g/mol. The van der Waals surface area contributed by atoms with E-state index in [1.807, 2.05) is 0 Å². The van der Waals surface area contributed by atoms with Crippen molar-refractivity contribution in [1.29, 1.82) is 0 Å². The van der Waals surface area contributed by atoms with Gasteiger partial charge < -0.3 is 17.3 Å². The summed E-state index contributed by atoms with van der Waals surface area (Å²) in [5.41, 5.74) is 1.26. The Balaban J connectivity index is 0.00000133. The minimum atomic E-state index is -0.0846. The Morgan fingerprint density at radius 3 is 2.32 bits per heavy atom. The summed E-state index contributed by atoms with van der Waals surface area (Å²) < 4.78 is 0. The predicted molar refractivity (Wildman–Crippen MR) is 72.2 cm³/mol. The Morgan fingerprint density at radius 1 is 1.16 bits per heavy atom. The average molecular weight is 284 g/mol. The highest BCUT2D eigenvalue weighted by molar-refractivity contribution is 6.04. The number of rotatable bonds is 1. The van der Waals surface area contributed by atoms with E-state index in [4.69, 9.17) is 0 Å². The lowest BCUT2D eigenvalue weighted by Crippen LogP contribution is -3.08. The van der Waals surface area contributed by atoms with Crippen LogP contribution in [0.15, 0.2) is 11.8 Å². The lowest BCUT2D eigenvalue weighted by atomic mass is 9.70. The van der Waals surface area contributed by atoms with Crippen LogP contribution in [-0.2, 0) is 4.79 Å². The van der Waals surface area contributed by atoms with Gasteiger partial charge >= 0.3 is 0 Å². The van der Waals surface area contributed by atoms with Gasteiger partial charge in [0, 0.05) is 5.41 Å². The van der Waals surface area contributed by atoms with Gasteiger partial charge in [0.1, 0.15) is 6.20 Å². The Kier molecular flexibility index (Phi) is 3.88. The number of piperidine rings is 1. The van der Waals surface area contributed by atoms with E-state index in [0.29, 0.717) is 11.7 Å². The van der Waals surface area contributed by atoms with Crippen LogP contribution in [0.3, 0.4) is 0 Å². The molecule has 1 aliphatic heterocycles. The number of likely N-dealkylation sites (tertiary alicyclic amines) is 1. The van der Waals surface area contributed by atoms with Crippen molar-refractivity contribution >= 4 is 5.78 Å². The summed E-state index contributed by atoms with van der Waals surface area (Å²) in [6.45, 7) is 9.24. The van der Waals surface area contributed by atoms with Crippen LogP contribution in [0.25, 0.3) is 0 Å². The van der Waals surface area contributed by atoms with E-state index in [9.17, 15) is 4.79 Å². The molecule has 0 aromatic carbocycles. The first kappa shape index (κ1) is 15.1. The van der Waals surface area contributed by atoms with Crippen LogP contribution in [0, 0.1) is 16.7 Å². The molecule has 1 N–H and O–H groups in total. The minimum absolute atomic E-state index is 0. The summed E-state index contributed by atoms with van der Waals surface area (Å²) in [5, 5.41) is 0. The average Bonchev–Trinajstić information content (AvgIpc) is 2.65. The molecule has 0 amide bonds. The summed E-state index contributed by atoms with van der Waals surface area (Å²) in [6, 6.07) is 0. The van der Waals surface area contributed by atoms with Gasteiger partial charge in [0.2, 0.25) is 0 Å². The smallest absolute Gasteiger partial charge is 0.170 e. The van der Waals surface area contributed by atoms with Gasteiger partial charge in [0.25, 0.3) is 0 Å². The van der Waals surface area contributed by atoms with Crippen molar-refractivity contribution < 1.29 is 22.1 Å². The number of hydrogen-bond donors (Lipinski definition) is 1. The quantitative estimate of drug-likeness (QED) is 0.611. The predicted octanol–water partition coefficient (Wildman–Crippen LogP) is -1.03. The number of carbonyl (C=O) groups is 1. The Hall–Kier alpha value is -0.340. The molecule has 3 heteroatoms. The van der Waals surface area contributed by atoms with Crippen LogP contribution in [0.4, 0.5) is 0 Å². The van der Waals surface area contributed by atoms with Crippen molar-refractivity contribution in [2.45, 2.75) is 52.9 Å². The molecule has 2 aliphatic carbocycles. The van der Waals surface area contributed by atoms with Crippen LogP contribution >= 0.6 is 0 Å².